The van der Waals surface area contributed by atoms with Crippen molar-refractivity contribution in [1.82, 2.24) is 5.32 Å². The van der Waals surface area contributed by atoms with Gasteiger partial charge in [0.25, 0.3) is 0 Å². The van der Waals surface area contributed by atoms with Crippen LogP contribution in [0.2, 0.25) is 0 Å². The molecule has 0 spiro atoms. The van der Waals surface area contributed by atoms with E-state index in [9.17, 15) is 9.59 Å². The van der Waals surface area contributed by atoms with Gasteiger partial charge in [-0.25, -0.2) is 4.79 Å². The van der Waals surface area contributed by atoms with Crippen molar-refractivity contribution >= 4 is 23.6 Å². The molecule has 26 heavy (non-hydrogen) atoms. The van der Waals surface area contributed by atoms with E-state index in [0.29, 0.717) is 19.0 Å². The number of benzene rings is 1. The van der Waals surface area contributed by atoms with Gasteiger partial charge in [0.2, 0.25) is 5.91 Å². The number of carbonyl (C=O) groups excluding carboxylic acids is 2. The predicted molar refractivity (Wildman–Crippen MR) is 101 cm³/mol. The molecule has 1 aromatic rings. The maximum absolute atomic E-state index is 12.3. The van der Waals surface area contributed by atoms with E-state index in [1.165, 1.54) is 11.8 Å². The molecule has 0 saturated heterocycles. The van der Waals surface area contributed by atoms with Crippen LogP contribution < -0.4 is 14.8 Å². The molecule has 0 bridgehead atoms. The maximum atomic E-state index is 12.3. The highest BCUT2D eigenvalue weighted by Crippen LogP contribution is 2.34. The van der Waals surface area contributed by atoms with Crippen LogP contribution in [0.15, 0.2) is 23.1 Å². The van der Waals surface area contributed by atoms with Crippen LogP contribution in [-0.2, 0) is 14.3 Å². The van der Waals surface area contributed by atoms with Gasteiger partial charge in [0.15, 0.2) is 11.5 Å². The third kappa shape index (κ3) is 6.12. The van der Waals surface area contributed by atoms with Crippen LogP contribution in [0.4, 0.5) is 0 Å². The molecule has 2 rings (SSSR count). The van der Waals surface area contributed by atoms with Gasteiger partial charge in [-0.05, 0) is 44.9 Å². The molecule has 0 aromatic heterocycles. The first-order valence-corrected chi connectivity index (χ1v) is 9.69. The second-order valence-electron chi connectivity index (χ2n) is 7.42. The normalized spacial score (nSPS) is 14.7. The lowest BCUT2D eigenvalue weighted by Gasteiger charge is -2.26. The summed E-state index contributed by atoms with van der Waals surface area (Å²) in [6.45, 7) is 10.2. The van der Waals surface area contributed by atoms with E-state index in [0.717, 1.165) is 10.6 Å². The van der Waals surface area contributed by atoms with Crippen molar-refractivity contribution in [2.45, 2.75) is 51.2 Å². The number of carbonyl (C=O) groups is 2. The Balaban J connectivity index is 1.91. The fourth-order valence-corrected chi connectivity index (χ4v) is 3.08. The molecule has 0 aliphatic carbocycles. The molecule has 1 heterocycles. The van der Waals surface area contributed by atoms with E-state index in [1.807, 2.05) is 52.8 Å². The quantitative estimate of drug-likeness (QED) is 0.603. The number of ether oxygens (including phenoxy) is 3. The number of amides is 1. The van der Waals surface area contributed by atoms with Gasteiger partial charge in [0.1, 0.15) is 24.9 Å². The molecule has 1 aliphatic rings. The molecule has 7 heteroatoms. The number of nitrogens with one attached hydrogen (secondary N) is 1. The van der Waals surface area contributed by atoms with Gasteiger partial charge in [-0.2, -0.15) is 0 Å². The predicted octanol–water partition coefficient (Wildman–Crippen LogP) is 3.03. The number of thioether (sulfide) groups is 1. The van der Waals surface area contributed by atoms with E-state index in [1.54, 1.807) is 0 Å². The summed E-state index contributed by atoms with van der Waals surface area (Å²) in [6, 6.07) is 4.92. The molecule has 1 aromatic carbocycles. The van der Waals surface area contributed by atoms with Crippen molar-refractivity contribution in [3.63, 3.8) is 0 Å². The second kappa shape index (κ2) is 8.66. The fraction of sp³-hybridized carbons (Fsp3) is 0.579. The third-order valence-corrected chi connectivity index (χ3v) is 4.52. The zero-order valence-electron chi connectivity index (χ0n) is 16.0. The number of hydrogen-bond donors (Lipinski definition) is 1. The van der Waals surface area contributed by atoms with Gasteiger partial charge < -0.3 is 19.5 Å². The topological polar surface area (TPSA) is 73.9 Å². The highest BCUT2D eigenvalue weighted by molar-refractivity contribution is 8.00. The Hall–Kier alpha value is -1.89. The Labute approximate surface area is 159 Å². The SMILES string of the molecule is CC(C)[C@@H](NC(=O)CSc1ccc2c(c1)OCCO2)C(=O)OC(C)(C)C. The Morgan fingerprint density at radius 1 is 1.19 bits per heavy atom. The van der Waals surface area contributed by atoms with E-state index >= 15 is 0 Å². The first-order valence-electron chi connectivity index (χ1n) is 8.70. The van der Waals surface area contributed by atoms with Crippen LogP contribution in [0.25, 0.3) is 0 Å². The number of rotatable bonds is 6. The number of esters is 1. The van der Waals surface area contributed by atoms with Crippen LogP contribution in [-0.4, -0.2) is 42.5 Å². The first kappa shape index (κ1) is 20.4. The Morgan fingerprint density at radius 2 is 1.85 bits per heavy atom. The van der Waals surface area contributed by atoms with E-state index in [-0.39, 0.29) is 17.6 Å². The molecule has 144 valence electrons. The van der Waals surface area contributed by atoms with Gasteiger partial charge in [-0.15, -0.1) is 11.8 Å². The molecule has 1 atom stereocenters. The zero-order valence-corrected chi connectivity index (χ0v) is 16.8. The summed E-state index contributed by atoms with van der Waals surface area (Å²) in [4.78, 5) is 25.5. The summed E-state index contributed by atoms with van der Waals surface area (Å²) in [7, 11) is 0. The monoisotopic (exact) mass is 381 g/mol. The molecular formula is C19H27NO5S. The van der Waals surface area contributed by atoms with Crippen molar-refractivity contribution in [2.75, 3.05) is 19.0 Å². The number of fused-ring (bicyclic) bond motifs is 1. The molecule has 1 amide bonds. The van der Waals surface area contributed by atoms with Gasteiger partial charge in [0, 0.05) is 4.90 Å². The molecule has 0 unspecified atom stereocenters. The Morgan fingerprint density at radius 3 is 2.46 bits per heavy atom. The van der Waals surface area contributed by atoms with Gasteiger partial charge in [-0.3, -0.25) is 4.79 Å². The molecular weight excluding hydrogens is 354 g/mol. The summed E-state index contributed by atoms with van der Waals surface area (Å²) < 4.78 is 16.4. The average Bonchev–Trinajstić information content (AvgIpc) is 2.55. The molecule has 6 nitrogen and oxygen atoms in total. The minimum absolute atomic E-state index is 0.0620. The van der Waals surface area contributed by atoms with E-state index in [2.05, 4.69) is 5.32 Å². The minimum atomic E-state index is -0.664. The number of hydrogen-bond acceptors (Lipinski definition) is 6. The largest absolute Gasteiger partial charge is 0.486 e. The highest BCUT2D eigenvalue weighted by atomic mass is 32.2. The van der Waals surface area contributed by atoms with Crippen LogP contribution in [0, 0.1) is 5.92 Å². The van der Waals surface area contributed by atoms with Gasteiger partial charge in [-0.1, -0.05) is 13.8 Å². The van der Waals surface area contributed by atoms with Crippen LogP contribution >= 0.6 is 11.8 Å². The zero-order chi connectivity index (χ0) is 19.3. The molecule has 0 radical (unpaired) electrons. The van der Waals surface area contributed by atoms with Crippen molar-refractivity contribution in [3.05, 3.63) is 18.2 Å². The van der Waals surface area contributed by atoms with Crippen molar-refractivity contribution < 1.29 is 23.8 Å². The minimum Gasteiger partial charge on any atom is -0.486 e. The lowest BCUT2D eigenvalue weighted by molar-refractivity contribution is -0.159. The average molecular weight is 381 g/mol. The molecule has 0 fully saturated rings. The van der Waals surface area contributed by atoms with Crippen LogP contribution in [0.5, 0.6) is 11.5 Å². The molecule has 1 aliphatic heterocycles. The maximum Gasteiger partial charge on any atom is 0.329 e. The Bertz CT molecular complexity index is 654. The second-order valence-corrected chi connectivity index (χ2v) is 8.47. The summed E-state index contributed by atoms with van der Waals surface area (Å²) in [5.41, 5.74) is -0.588. The summed E-state index contributed by atoms with van der Waals surface area (Å²) >= 11 is 1.38. The highest BCUT2D eigenvalue weighted by Gasteiger charge is 2.29. The summed E-state index contributed by atoms with van der Waals surface area (Å²) in [5.74, 6) is 0.920. The third-order valence-electron chi connectivity index (χ3n) is 3.53. The lowest BCUT2D eigenvalue weighted by atomic mass is 10.0. The van der Waals surface area contributed by atoms with Crippen molar-refractivity contribution in [3.8, 4) is 11.5 Å². The van der Waals surface area contributed by atoms with Crippen LogP contribution in [0.3, 0.4) is 0 Å². The van der Waals surface area contributed by atoms with Crippen molar-refractivity contribution in [1.29, 1.82) is 0 Å². The Kier molecular flexibility index (Phi) is 6.81. The van der Waals surface area contributed by atoms with E-state index in [4.69, 9.17) is 14.2 Å². The smallest absolute Gasteiger partial charge is 0.329 e. The first-order chi connectivity index (χ1) is 12.2. The summed E-state index contributed by atoms with van der Waals surface area (Å²) in [5, 5.41) is 2.78. The summed E-state index contributed by atoms with van der Waals surface area (Å²) in [6.07, 6.45) is 0. The van der Waals surface area contributed by atoms with Gasteiger partial charge >= 0.3 is 5.97 Å². The fourth-order valence-electron chi connectivity index (χ4n) is 2.34. The van der Waals surface area contributed by atoms with Crippen molar-refractivity contribution in [2.24, 2.45) is 5.92 Å². The standard InChI is InChI=1S/C19H27NO5S/c1-12(2)17(18(22)25-19(3,4)5)20-16(21)11-26-13-6-7-14-15(10-13)24-9-8-23-14/h6-7,10,12,17H,8-9,11H2,1-5H3,(H,20,21)/t17-/m1/s1. The molecule has 1 N–H and O–H groups in total. The van der Waals surface area contributed by atoms with Gasteiger partial charge in [0.05, 0.1) is 5.75 Å². The van der Waals surface area contributed by atoms with Crippen LogP contribution in [0.1, 0.15) is 34.6 Å². The lowest BCUT2D eigenvalue weighted by Crippen LogP contribution is -2.47. The van der Waals surface area contributed by atoms with E-state index < -0.39 is 17.6 Å². The molecule has 0 saturated carbocycles.